The number of fused-ring (bicyclic) bond motifs is 1. The van der Waals surface area contributed by atoms with Gasteiger partial charge in [-0.15, -0.1) is 0 Å². The number of nitrogens with one attached hydrogen (secondary N) is 1. The Kier molecular flexibility index (Phi) is 6.15. The molecule has 0 bridgehead atoms. The second-order valence-electron chi connectivity index (χ2n) is 8.35. The first-order valence-corrected chi connectivity index (χ1v) is 11.1. The molecule has 0 saturated carbocycles. The van der Waals surface area contributed by atoms with Crippen molar-refractivity contribution in [2.75, 3.05) is 56.9 Å². The summed E-state index contributed by atoms with van der Waals surface area (Å²) < 4.78 is 31.2. The summed E-state index contributed by atoms with van der Waals surface area (Å²) in [5.74, 6) is 0.929. The molecule has 33 heavy (non-hydrogen) atoms. The van der Waals surface area contributed by atoms with Gasteiger partial charge in [0.05, 0.1) is 32.0 Å². The number of rotatable bonds is 7. The zero-order valence-electron chi connectivity index (χ0n) is 18.8. The number of hydrogen-bond donors (Lipinski definition) is 1. The lowest BCUT2D eigenvalue weighted by Gasteiger charge is -2.21. The van der Waals surface area contributed by atoms with E-state index in [4.69, 9.17) is 14.2 Å². The number of aromatic nitrogens is 2. The van der Waals surface area contributed by atoms with E-state index in [1.807, 2.05) is 35.2 Å². The van der Waals surface area contributed by atoms with Crippen molar-refractivity contribution in [3.63, 3.8) is 0 Å². The van der Waals surface area contributed by atoms with Gasteiger partial charge in [-0.1, -0.05) is 0 Å². The van der Waals surface area contributed by atoms with E-state index in [0.717, 1.165) is 37.5 Å². The van der Waals surface area contributed by atoms with Crippen molar-refractivity contribution in [2.24, 2.45) is 0 Å². The van der Waals surface area contributed by atoms with Gasteiger partial charge in [0, 0.05) is 44.0 Å². The van der Waals surface area contributed by atoms with Crippen molar-refractivity contribution in [2.45, 2.75) is 18.6 Å². The first-order valence-electron chi connectivity index (χ1n) is 11.1. The van der Waals surface area contributed by atoms with Crippen LogP contribution in [0.25, 0.3) is 11.0 Å². The third kappa shape index (κ3) is 4.51. The van der Waals surface area contributed by atoms with E-state index in [1.165, 1.54) is 6.20 Å². The number of methoxy groups -OCH3 is 2. The number of halogens is 1. The van der Waals surface area contributed by atoms with E-state index >= 15 is 0 Å². The molecule has 2 aliphatic rings. The van der Waals surface area contributed by atoms with E-state index in [1.54, 1.807) is 20.3 Å². The molecule has 0 spiro atoms. The lowest BCUT2D eigenvalue weighted by atomic mass is 10.2. The highest BCUT2D eigenvalue weighted by Crippen LogP contribution is 2.31. The molecule has 174 valence electrons. The topological polar surface area (TPSA) is 72.0 Å². The normalized spacial score (nSPS) is 20.6. The molecule has 1 N–H and O–H groups in total. The Morgan fingerprint density at radius 1 is 1.09 bits per heavy atom. The van der Waals surface area contributed by atoms with Gasteiger partial charge in [-0.05, 0) is 36.8 Å². The van der Waals surface area contributed by atoms with Crippen molar-refractivity contribution in [3.8, 4) is 11.6 Å². The summed E-state index contributed by atoms with van der Waals surface area (Å²) in [5, 5.41) is 3.61. The van der Waals surface area contributed by atoms with Crippen LogP contribution in [0.1, 0.15) is 6.42 Å². The number of benzene rings is 1. The van der Waals surface area contributed by atoms with Crippen molar-refractivity contribution in [1.29, 1.82) is 0 Å². The number of pyridine rings is 2. The maximum absolute atomic E-state index is 14.8. The standard InChI is InChI=1S/C24H28FN5O3/c1-31-18-5-3-17(4-6-18)30-14-19(33-15-30)11-26-16-9-10-29(13-16)24-20(25)12-27-21-7-8-22(32-2)28-23(21)24/h3-8,12,16,19,26H,9-11,13-15H2,1-2H3/t16-,19+/m0/s1. The third-order valence-corrected chi connectivity index (χ3v) is 6.29. The average Bonchev–Trinajstić information content (AvgIpc) is 3.52. The van der Waals surface area contributed by atoms with Crippen molar-refractivity contribution in [1.82, 2.24) is 15.3 Å². The molecule has 8 nitrogen and oxygen atoms in total. The molecule has 0 amide bonds. The molecular formula is C24H28FN5O3. The third-order valence-electron chi connectivity index (χ3n) is 6.29. The first-order chi connectivity index (χ1) is 16.1. The highest BCUT2D eigenvalue weighted by molar-refractivity contribution is 5.88. The van der Waals surface area contributed by atoms with Crippen molar-refractivity contribution >= 4 is 22.4 Å². The second-order valence-corrected chi connectivity index (χ2v) is 8.35. The van der Waals surface area contributed by atoms with Crippen LogP contribution in [0.15, 0.2) is 42.6 Å². The molecular weight excluding hydrogens is 425 g/mol. The zero-order chi connectivity index (χ0) is 22.8. The Hall–Kier alpha value is -3.17. The Morgan fingerprint density at radius 3 is 2.73 bits per heavy atom. The van der Waals surface area contributed by atoms with E-state index in [0.29, 0.717) is 35.9 Å². The summed E-state index contributed by atoms with van der Waals surface area (Å²) in [6.07, 6.45) is 2.29. The van der Waals surface area contributed by atoms with Gasteiger partial charge in [0.2, 0.25) is 5.88 Å². The molecule has 2 atom stereocenters. The van der Waals surface area contributed by atoms with Crippen LogP contribution in [-0.2, 0) is 4.74 Å². The van der Waals surface area contributed by atoms with Gasteiger partial charge in [0.25, 0.3) is 0 Å². The van der Waals surface area contributed by atoms with Gasteiger partial charge in [0.1, 0.15) is 23.7 Å². The summed E-state index contributed by atoms with van der Waals surface area (Å²) in [6.45, 7) is 3.58. The van der Waals surface area contributed by atoms with Crippen LogP contribution in [0.2, 0.25) is 0 Å². The fourth-order valence-corrected chi connectivity index (χ4v) is 4.50. The van der Waals surface area contributed by atoms with Crippen LogP contribution in [-0.4, -0.2) is 69.2 Å². The van der Waals surface area contributed by atoms with Gasteiger partial charge in [-0.2, -0.15) is 0 Å². The fraction of sp³-hybridized carbons (Fsp3) is 0.417. The van der Waals surface area contributed by atoms with Crippen LogP contribution in [0.4, 0.5) is 15.8 Å². The van der Waals surface area contributed by atoms with Gasteiger partial charge >= 0.3 is 0 Å². The quantitative estimate of drug-likeness (QED) is 0.586. The lowest BCUT2D eigenvalue weighted by Crippen LogP contribution is -2.39. The molecule has 2 fully saturated rings. The first kappa shape index (κ1) is 21.7. The van der Waals surface area contributed by atoms with Crippen LogP contribution >= 0.6 is 0 Å². The summed E-state index contributed by atoms with van der Waals surface area (Å²) in [6, 6.07) is 11.8. The molecule has 3 aromatic rings. The molecule has 9 heteroatoms. The minimum absolute atomic E-state index is 0.102. The predicted octanol–water partition coefficient (Wildman–Crippen LogP) is 2.82. The Morgan fingerprint density at radius 2 is 1.94 bits per heavy atom. The number of anilines is 2. The minimum atomic E-state index is -0.363. The van der Waals surface area contributed by atoms with E-state index < -0.39 is 0 Å². The van der Waals surface area contributed by atoms with Crippen molar-refractivity contribution < 1.29 is 18.6 Å². The van der Waals surface area contributed by atoms with Crippen LogP contribution < -0.4 is 24.6 Å². The average molecular weight is 454 g/mol. The molecule has 2 saturated heterocycles. The van der Waals surface area contributed by atoms with Gasteiger partial charge in [-0.3, -0.25) is 4.98 Å². The fourth-order valence-electron chi connectivity index (χ4n) is 4.50. The number of hydrogen-bond acceptors (Lipinski definition) is 8. The van der Waals surface area contributed by atoms with Crippen LogP contribution in [0.5, 0.6) is 11.6 Å². The van der Waals surface area contributed by atoms with Gasteiger partial charge < -0.3 is 29.3 Å². The molecule has 2 aromatic heterocycles. The summed E-state index contributed by atoms with van der Waals surface area (Å²) >= 11 is 0. The van der Waals surface area contributed by atoms with Crippen molar-refractivity contribution in [3.05, 3.63) is 48.4 Å². The molecule has 5 rings (SSSR count). The molecule has 0 unspecified atom stereocenters. The SMILES string of the molecule is COc1ccc(N2CO[C@H](CN[C@H]3CCN(c4c(F)cnc5ccc(OC)nc45)C3)C2)cc1. The molecule has 0 radical (unpaired) electrons. The molecule has 4 heterocycles. The Bertz CT molecular complexity index is 1110. The Labute approximate surface area is 192 Å². The molecule has 1 aromatic carbocycles. The molecule has 0 aliphatic carbocycles. The van der Waals surface area contributed by atoms with Crippen LogP contribution in [0, 0.1) is 5.82 Å². The summed E-state index contributed by atoms with van der Waals surface area (Å²) in [5.41, 5.74) is 2.80. The van der Waals surface area contributed by atoms with E-state index in [2.05, 4.69) is 20.2 Å². The Balaban J connectivity index is 1.19. The minimum Gasteiger partial charge on any atom is -0.497 e. The van der Waals surface area contributed by atoms with Gasteiger partial charge in [-0.25, -0.2) is 9.37 Å². The van der Waals surface area contributed by atoms with Gasteiger partial charge in [0.15, 0.2) is 5.82 Å². The highest BCUT2D eigenvalue weighted by atomic mass is 19.1. The lowest BCUT2D eigenvalue weighted by molar-refractivity contribution is 0.113. The molecule has 2 aliphatic heterocycles. The highest BCUT2D eigenvalue weighted by Gasteiger charge is 2.29. The predicted molar refractivity (Wildman–Crippen MR) is 125 cm³/mol. The smallest absolute Gasteiger partial charge is 0.213 e. The van der Waals surface area contributed by atoms with Crippen LogP contribution in [0.3, 0.4) is 0 Å². The van der Waals surface area contributed by atoms with E-state index in [9.17, 15) is 4.39 Å². The largest absolute Gasteiger partial charge is 0.497 e. The monoisotopic (exact) mass is 453 g/mol. The number of nitrogens with zero attached hydrogens (tertiary/aromatic N) is 4. The summed E-state index contributed by atoms with van der Waals surface area (Å²) in [4.78, 5) is 12.9. The zero-order valence-corrected chi connectivity index (χ0v) is 18.8. The summed E-state index contributed by atoms with van der Waals surface area (Å²) in [7, 11) is 3.22. The second kappa shape index (κ2) is 9.36. The van der Waals surface area contributed by atoms with E-state index in [-0.39, 0.29) is 18.0 Å². The number of ether oxygens (including phenoxy) is 3. The maximum atomic E-state index is 14.8. The maximum Gasteiger partial charge on any atom is 0.213 e.